The minimum Gasteiger partial charge on any atom is -0.264 e. The predicted molar refractivity (Wildman–Crippen MR) is 88.4 cm³/mol. The van der Waals surface area contributed by atoms with Crippen molar-refractivity contribution in [2.45, 2.75) is 6.92 Å². The Morgan fingerprint density at radius 3 is 2.50 bits per heavy atom. The molecule has 0 aliphatic heterocycles. The standard InChI is InChI=1S/C19H16N3/c1-13-7-8-20-11-17(13)19-21-18-10-15-6-4-3-5-14(15)9-16(18)12-22(19)2/h3-12H,1-2H3/q+1. The predicted octanol–water partition coefficient (Wildman–Crippen LogP) is 3.58. The Hall–Kier alpha value is -2.81. The van der Waals surface area contributed by atoms with Crippen molar-refractivity contribution in [3.05, 3.63) is 66.6 Å². The van der Waals surface area contributed by atoms with Crippen molar-refractivity contribution in [2.24, 2.45) is 7.05 Å². The molecule has 0 saturated carbocycles. The Kier molecular flexibility index (Phi) is 2.86. The molecule has 22 heavy (non-hydrogen) atoms. The van der Waals surface area contributed by atoms with Crippen LogP contribution in [0.5, 0.6) is 0 Å². The van der Waals surface area contributed by atoms with Crippen LogP contribution in [0.3, 0.4) is 0 Å². The highest BCUT2D eigenvalue weighted by atomic mass is 15.0. The lowest BCUT2D eigenvalue weighted by molar-refractivity contribution is -0.661. The minimum atomic E-state index is 0.938. The molecule has 2 heterocycles. The van der Waals surface area contributed by atoms with E-state index in [1.165, 1.54) is 16.3 Å². The van der Waals surface area contributed by atoms with Gasteiger partial charge in [-0.3, -0.25) is 4.98 Å². The van der Waals surface area contributed by atoms with Crippen molar-refractivity contribution in [1.29, 1.82) is 0 Å². The first-order chi connectivity index (χ1) is 10.7. The van der Waals surface area contributed by atoms with Gasteiger partial charge in [-0.15, -0.1) is 0 Å². The first-order valence-electron chi connectivity index (χ1n) is 7.32. The summed E-state index contributed by atoms with van der Waals surface area (Å²) >= 11 is 0. The van der Waals surface area contributed by atoms with E-state index in [4.69, 9.17) is 4.98 Å². The number of hydrogen-bond donors (Lipinski definition) is 0. The molecule has 2 aromatic carbocycles. The molecule has 0 aliphatic rings. The van der Waals surface area contributed by atoms with Crippen LogP contribution in [-0.2, 0) is 7.05 Å². The van der Waals surface area contributed by atoms with Gasteiger partial charge in [0.05, 0.1) is 18.0 Å². The average Bonchev–Trinajstić information content (AvgIpc) is 2.53. The molecule has 3 heteroatoms. The molecular weight excluding hydrogens is 270 g/mol. The maximum Gasteiger partial charge on any atom is 0.332 e. The highest BCUT2D eigenvalue weighted by Crippen LogP contribution is 2.23. The van der Waals surface area contributed by atoms with Crippen molar-refractivity contribution < 1.29 is 4.57 Å². The van der Waals surface area contributed by atoms with E-state index in [2.05, 4.69) is 59.1 Å². The second-order valence-electron chi connectivity index (χ2n) is 5.62. The maximum atomic E-state index is 4.88. The van der Waals surface area contributed by atoms with E-state index in [9.17, 15) is 0 Å². The molecule has 0 spiro atoms. The van der Waals surface area contributed by atoms with Gasteiger partial charge in [0.2, 0.25) is 0 Å². The van der Waals surface area contributed by atoms with Gasteiger partial charge in [-0.2, -0.15) is 0 Å². The molecule has 4 aromatic rings. The fourth-order valence-electron chi connectivity index (χ4n) is 2.86. The van der Waals surface area contributed by atoms with Gasteiger partial charge in [0.25, 0.3) is 0 Å². The van der Waals surface area contributed by atoms with Crippen LogP contribution in [0.25, 0.3) is 33.1 Å². The summed E-state index contributed by atoms with van der Waals surface area (Å²) in [6.45, 7) is 2.09. The monoisotopic (exact) mass is 286 g/mol. The summed E-state index contributed by atoms with van der Waals surface area (Å²) in [7, 11) is 2.03. The molecule has 0 unspecified atom stereocenters. The molecule has 106 valence electrons. The molecule has 0 N–H and O–H groups in total. The number of aryl methyl sites for hydroxylation is 2. The fraction of sp³-hybridized carbons (Fsp3) is 0.105. The van der Waals surface area contributed by atoms with E-state index in [0.29, 0.717) is 0 Å². The Bertz CT molecular complexity index is 1010. The average molecular weight is 286 g/mol. The van der Waals surface area contributed by atoms with E-state index >= 15 is 0 Å². The zero-order valence-corrected chi connectivity index (χ0v) is 12.6. The van der Waals surface area contributed by atoms with Crippen molar-refractivity contribution >= 4 is 21.7 Å². The second kappa shape index (κ2) is 4.88. The molecule has 0 amide bonds. The zero-order valence-electron chi connectivity index (χ0n) is 12.6. The normalized spacial score (nSPS) is 11.2. The lowest BCUT2D eigenvalue weighted by atomic mass is 10.1. The summed E-state index contributed by atoms with van der Waals surface area (Å²) in [6.07, 6.45) is 5.83. The van der Waals surface area contributed by atoms with Crippen molar-refractivity contribution in [3.8, 4) is 11.4 Å². The van der Waals surface area contributed by atoms with Gasteiger partial charge in [-0.25, -0.2) is 4.57 Å². The number of nitrogens with zero attached hydrogens (tertiary/aromatic N) is 3. The second-order valence-corrected chi connectivity index (χ2v) is 5.62. The third-order valence-corrected chi connectivity index (χ3v) is 4.07. The van der Waals surface area contributed by atoms with Crippen molar-refractivity contribution in [1.82, 2.24) is 9.97 Å². The first kappa shape index (κ1) is 12.9. The van der Waals surface area contributed by atoms with Gasteiger partial charge in [-0.05, 0) is 46.4 Å². The Balaban J connectivity index is 2.03. The van der Waals surface area contributed by atoms with Gasteiger partial charge in [-0.1, -0.05) is 24.3 Å². The van der Waals surface area contributed by atoms with Crippen LogP contribution in [0.4, 0.5) is 0 Å². The minimum absolute atomic E-state index is 0.938. The Labute approximate surface area is 128 Å². The van der Waals surface area contributed by atoms with Gasteiger partial charge in [0.15, 0.2) is 5.52 Å². The Morgan fingerprint density at radius 2 is 1.73 bits per heavy atom. The van der Waals surface area contributed by atoms with Crippen LogP contribution in [0, 0.1) is 6.92 Å². The van der Waals surface area contributed by atoms with Gasteiger partial charge in [0.1, 0.15) is 6.20 Å². The summed E-state index contributed by atoms with van der Waals surface area (Å²) in [5.74, 6) is 0.938. The number of pyridine rings is 1. The molecular formula is C19H16N3+. The number of fused-ring (bicyclic) bond motifs is 2. The number of aromatic nitrogens is 3. The third kappa shape index (κ3) is 2.02. The van der Waals surface area contributed by atoms with Crippen LogP contribution in [0.15, 0.2) is 61.1 Å². The van der Waals surface area contributed by atoms with Gasteiger partial charge < -0.3 is 0 Å². The molecule has 4 rings (SSSR count). The van der Waals surface area contributed by atoms with E-state index in [-0.39, 0.29) is 0 Å². The lowest BCUT2D eigenvalue weighted by Crippen LogP contribution is -2.32. The summed E-state index contributed by atoms with van der Waals surface area (Å²) in [5, 5.41) is 3.60. The molecule has 2 aromatic heterocycles. The number of benzene rings is 2. The summed E-state index contributed by atoms with van der Waals surface area (Å²) in [6, 6.07) is 14.7. The van der Waals surface area contributed by atoms with Crippen LogP contribution in [-0.4, -0.2) is 9.97 Å². The highest BCUT2D eigenvalue weighted by molar-refractivity contribution is 5.96. The highest BCUT2D eigenvalue weighted by Gasteiger charge is 2.17. The van der Waals surface area contributed by atoms with Crippen LogP contribution in [0.1, 0.15) is 5.56 Å². The van der Waals surface area contributed by atoms with E-state index in [1.807, 2.05) is 25.5 Å². The van der Waals surface area contributed by atoms with Crippen LogP contribution < -0.4 is 4.57 Å². The van der Waals surface area contributed by atoms with Crippen molar-refractivity contribution in [3.63, 3.8) is 0 Å². The molecule has 3 nitrogen and oxygen atoms in total. The molecule has 0 saturated heterocycles. The summed E-state index contributed by atoms with van der Waals surface area (Å²) < 4.78 is 2.07. The molecule has 0 atom stereocenters. The number of hydrogen-bond acceptors (Lipinski definition) is 2. The van der Waals surface area contributed by atoms with Crippen LogP contribution in [0.2, 0.25) is 0 Å². The Morgan fingerprint density at radius 1 is 0.955 bits per heavy atom. The van der Waals surface area contributed by atoms with Gasteiger partial charge in [0, 0.05) is 12.4 Å². The van der Waals surface area contributed by atoms with E-state index in [0.717, 1.165) is 22.3 Å². The maximum absolute atomic E-state index is 4.88. The molecule has 0 aliphatic carbocycles. The number of rotatable bonds is 1. The summed E-state index contributed by atoms with van der Waals surface area (Å²) in [4.78, 5) is 9.12. The molecule has 0 fully saturated rings. The van der Waals surface area contributed by atoms with Gasteiger partial charge >= 0.3 is 5.82 Å². The molecule has 0 radical (unpaired) electrons. The largest absolute Gasteiger partial charge is 0.332 e. The third-order valence-electron chi connectivity index (χ3n) is 4.07. The van der Waals surface area contributed by atoms with E-state index in [1.54, 1.807) is 0 Å². The zero-order chi connectivity index (χ0) is 15.1. The molecule has 0 bridgehead atoms. The first-order valence-corrected chi connectivity index (χ1v) is 7.32. The lowest BCUT2D eigenvalue weighted by Gasteiger charge is -2.04. The fourth-order valence-corrected chi connectivity index (χ4v) is 2.86. The smallest absolute Gasteiger partial charge is 0.264 e. The van der Waals surface area contributed by atoms with E-state index < -0.39 is 0 Å². The topological polar surface area (TPSA) is 29.7 Å². The van der Waals surface area contributed by atoms with Crippen molar-refractivity contribution in [2.75, 3.05) is 0 Å². The summed E-state index contributed by atoms with van der Waals surface area (Å²) in [5.41, 5.74) is 3.26. The van der Waals surface area contributed by atoms with Crippen LogP contribution >= 0.6 is 0 Å². The SMILES string of the molecule is Cc1ccncc1-c1nc2cc3ccccc3cc2c[n+]1C. The quantitative estimate of drug-likeness (QED) is 0.395.